The van der Waals surface area contributed by atoms with Crippen molar-refractivity contribution in [3.05, 3.63) is 35.9 Å². The molecule has 0 radical (unpaired) electrons. The first-order valence-corrected chi connectivity index (χ1v) is 4.98. The zero-order valence-corrected chi connectivity index (χ0v) is 9.33. The van der Waals surface area contributed by atoms with E-state index in [4.69, 9.17) is 0 Å². The van der Waals surface area contributed by atoms with Gasteiger partial charge in [0, 0.05) is 0 Å². The molecule has 0 fully saturated rings. The fourth-order valence-corrected chi connectivity index (χ4v) is 1.31. The molecular formula is C13H18O. The zero-order valence-electron chi connectivity index (χ0n) is 9.33. The molecule has 0 amide bonds. The predicted molar refractivity (Wildman–Crippen MR) is 57.7 cm³/mol. The lowest BCUT2D eigenvalue weighted by molar-refractivity contribution is 0.0535. The standard InChI is InChI=1S/C13H18O/c1-10(13(2,3)4)12(14)11-8-6-5-7-9-11/h6,8-10,12,14H,1-4H3. The summed E-state index contributed by atoms with van der Waals surface area (Å²) in [5.41, 5.74) is 1.03. The van der Waals surface area contributed by atoms with Crippen molar-refractivity contribution in [1.82, 2.24) is 0 Å². The van der Waals surface area contributed by atoms with Crippen LogP contribution in [0.3, 0.4) is 0 Å². The van der Waals surface area contributed by atoms with Crippen LogP contribution < -0.4 is 0 Å². The molecule has 2 atom stereocenters. The summed E-state index contributed by atoms with van der Waals surface area (Å²) in [6.07, 6.45) is -0.416. The fourth-order valence-electron chi connectivity index (χ4n) is 1.31. The summed E-state index contributed by atoms with van der Waals surface area (Å²) in [4.78, 5) is 0. The van der Waals surface area contributed by atoms with Crippen LogP contribution in [0.25, 0.3) is 0 Å². The van der Waals surface area contributed by atoms with Gasteiger partial charge in [-0.1, -0.05) is 39.8 Å². The Balaban J connectivity index is 2.81. The highest BCUT2D eigenvalue weighted by Gasteiger charge is 2.27. The van der Waals surface area contributed by atoms with Crippen molar-refractivity contribution in [3.8, 4) is 0 Å². The first-order chi connectivity index (χ1) is 6.43. The maximum atomic E-state index is 10.1. The second kappa shape index (κ2) is 4.02. The summed E-state index contributed by atoms with van der Waals surface area (Å²) >= 11 is 0. The third-order valence-corrected chi connectivity index (χ3v) is 2.86. The largest absolute Gasteiger partial charge is 0.388 e. The molecule has 0 aliphatic carbocycles. The minimum atomic E-state index is -0.416. The summed E-state index contributed by atoms with van der Waals surface area (Å²) < 4.78 is 0. The van der Waals surface area contributed by atoms with E-state index in [0.717, 1.165) is 5.56 Å². The molecule has 0 aliphatic heterocycles. The second-order valence-electron chi connectivity index (χ2n) is 4.87. The van der Waals surface area contributed by atoms with Crippen LogP contribution in [-0.4, -0.2) is 5.11 Å². The molecule has 0 bridgehead atoms. The van der Waals surface area contributed by atoms with E-state index in [9.17, 15) is 5.11 Å². The molecular weight excluding hydrogens is 172 g/mol. The van der Waals surface area contributed by atoms with E-state index in [1.165, 1.54) is 0 Å². The van der Waals surface area contributed by atoms with Gasteiger partial charge in [-0.3, -0.25) is 0 Å². The Hall–Kier alpha value is -1.00. The summed E-state index contributed by atoms with van der Waals surface area (Å²) in [6.45, 7) is 8.49. The van der Waals surface area contributed by atoms with Crippen LogP contribution in [0.1, 0.15) is 39.4 Å². The van der Waals surface area contributed by atoms with Crippen molar-refractivity contribution in [2.75, 3.05) is 0 Å². The quantitative estimate of drug-likeness (QED) is 0.760. The Labute approximate surface area is 86.8 Å². The van der Waals surface area contributed by atoms with E-state index < -0.39 is 6.10 Å². The van der Waals surface area contributed by atoms with Gasteiger partial charge in [0.1, 0.15) is 0 Å². The van der Waals surface area contributed by atoms with Gasteiger partial charge in [0.25, 0.3) is 0 Å². The molecule has 1 aromatic rings. The maximum absolute atomic E-state index is 10.1. The first-order valence-electron chi connectivity index (χ1n) is 4.98. The van der Waals surface area contributed by atoms with Crippen molar-refractivity contribution >= 4 is 0 Å². The van der Waals surface area contributed by atoms with Crippen LogP contribution in [0.5, 0.6) is 0 Å². The van der Waals surface area contributed by atoms with Gasteiger partial charge in [0.05, 0.1) is 6.10 Å². The Morgan fingerprint density at radius 2 is 1.93 bits per heavy atom. The zero-order chi connectivity index (χ0) is 10.8. The Morgan fingerprint density at radius 1 is 1.29 bits per heavy atom. The van der Waals surface area contributed by atoms with Crippen molar-refractivity contribution in [3.63, 3.8) is 0 Å². The van der Waals surface area contributed by atoms with Gasteiger partial charge in [0.2, 0.25) is 0 Å². The smallest absolute Gasteiger partial charge is 0.0826 e. The molecule has 1 rings (SSSR count). The van der Waals surface area contributed by atoms with E-state index in [1.54, 1.807) is 12.1 Å². The molecule has 0 saturated heterocycles. The number of hydrogen-bond donors (Lipinski definition) is 1. The summed E-state index contributed by atoms with van der Waals surface area (Å²) in [5.74, 6) is 0.221. The molecule has 14 heavy (non-hydrogen) atoms. The highest BCUT2D eigenvalue weighted by molar-refractivity contribution is 5.14. The van der Waals surface area contributed by atoms with E-state index in [0.29, 0.717) is 0 Å². The van der Waals surface area contributed by atoms with Crippen molar-refractivity contribution in [1.29, 1.82) is 0 Å². The first kappa shape index (κ1) is 11.1. The lowest BCUT2D eigenvalue weighted by Gasteiger charge is -2.31. The van der Waals surface area contributed by atoms with Crippen LogP contribution in [0.2, 0.25) is 0 Å². The van der Waals surface area contributed by atoms with Gasteiger partial charge >= 0.3 is 0 Å². The van der Waals surface area contributed by atoms with Crippen molar-refractivity contribution in [2.45, 2.75) is 33.8 Å². The lowest BCUT2D eigenvalue weighted by atomic mass is 9.77. The Morgan fingerprint density at radius 3 is 2.36 bits per heavy atom. The minimum Gasteiger partial charge on any atom is -0.388 e. The highest BCUT2D eigenvalue weighted by atomic mass is 16.3. The summed E-state index contributed by atoms with van der Waals surface area (Å²) in [5, 5.41) is 10.1. The highest BCUT2D eigenvalue weighted by Crippen LogP contribution is 2.35. The molecule has 1 nitrogen and oxygen atoms in total. The third kappa shape index (κ3) is 2.49. The fraction of sp³-hybridized carbons (Fsp3) is 0.538. The van der Waals surface area contributed by atoms with Crippen LogP contribution in [0.4, 0.5) is 0 Å². The van der Waals surface area contributed by atoms with Crippen LogP contribution in [0.15, 0.2) is 18.2 Å². The molecule has 2 unspecified atom stereocenters. The van der Waals surface area contributed by atoms with Gasteiger partial charge in [-0.25, -0.2) is 0 Å². The number of aliphatic hydroxyl groups is 1. The molecule has 0 heterocycles. The Bertz CT molecular complexity index is 271. The van der Waals surface area contributed by atoms with E-state index in [2.05, 4.69) is 39.8 Å². The second-order valence-corrected chi connectivity index (χ2v) is 4.87. The van der Waals surface area contributed by atoms with Crippen LogP contribution in [-0.2, 0) is 0 Å². The van der Waals surface area contributed by atoms with Crippen LogP contribution >= 0.6 is 0 Å². The predicted octanol–water partition coefficient (Wildman–Crippen LogP) is 3.00. The topological polar surface area (TPSA) is 20.2 Å². The molecule has 0 aromatic heterocycles. The molecule has 1 heteroatoms. The molecule has 0 spiro atoms. The average molecular weight is 190 g/mol. The van der Waals surface area contributed by atoms with Gasteiger partial charge in [-0.05, 0) is 35.1 Å². The van der Waals surface area contributed by atoms with Crippen molar-refractivity contribution < 1.29 is 5.11 Å². The minimum absolute atomic E-state index is 0.110. The van der Waals surface area contributed by atoms with Gasteiger partial charge < -0.3 is 5.11 Å². The number of rotatable bonds is 2. The lowest BCUT2D eigenvalue weighted by Crippen LogP contribution is -2.24. The van der Waals surface area contributed by atoms with Crippen molar-refractivity contribution in [2.24, 2.45) is 11.3 Å². The molecule has 76 valence electrons. The van der Waals surface area contributed by atoms with Gasteiger partial charge in [0.15, 0.2) is 0 Å². The number of hydrogen-bond acceptors (Lipinski definition) is 1. The molecule has 0 saturated carbocycles. The maximum Gasteiger partial charge on any atom is 0.0826 e. The monoisotopic (exact) mass is 190 g/mol. The molecule has 1 aromatic carbocycles. The Kier molecular flexibility index (Phi) is 3.18. The third-order valence-electron chi connectivity index (χ3n) is 2.86. The average Bonchev–Trinajstić information content (AvgIpc) is 2.15. The molecule has 1 N–H and O–H groups in total. The van der Waals surface area contributed by atoms with E-state index in [1.807, 2.05) is 6.07 Å². The van der Waals surface area contributed by atoms with Gasteiger partial charge in [-0.15, -0.1) is 0 Å². The summed E-state index contributed by atoms with van der Waals surface area (Å²) in [7, 11) is 0. The molecule has 0 aliphatic rings. The van der Waals surface area contributed by atoms with E-state index >= 15 is 0 Å². The summed E-state index contributed by atoms with van der Waals surface area (Å²) in [6, 6.07) is 11.2. The van der Waals surface area contributed by atoms with E-state index in [-0.39, 0.29) is 11.3 Å². The SMILES string of the molecule is CC(C(O)c1cc#ccc1)C(C)(C)C. The van der Waals surface area contributed by atoms with Crippen LogP contribution in [0, 0.1) is 23.5 Å². The number of aliphatic hydroxyl groups excluding tert-OH is 1. The van der Waals surface area contributed by atoms with Gasteiger partial charge in [-0.2, -0.15) is 0 Å². The normalized spacial score (nSPS) is 15.8.